The number of hydrogen-bond donors (Lipinski definition) is 3. The Morgan fingerprint density at radius 1 is 1.10 bits per heavy atom. The molecule has 2 heterocycles. The first-order valence-corrected chi connectivity index (χ1v) is 13.2. The van der Waals surface area contributed by atoms with Crippen LogP contribution in [0.25, 0.3) is 0 Å². The van der Waals surface area contributed by atoms with Crippen LogP contribution in [0.5, 0.6) is 5.75 Å². The summed E-state index contributed by atoms with van der Waals surface area (Å²) in [5.74, 6) is 1.01. The van der Waals surface area contributed by atoms with Crippen molar-refractivity contribution in [2.75, 3.05) is 28.0 Å². The number of aromatic nitrogens is 3. The maximum absolute atomic E-state index is 13.8. The van der Waals surface area contributed by atoms with Crippen molar-refractivity contribution in [2.45, 2.75) is 26.8 Å². The highest BCUT2D eigenvalue weighted by atomic mass is 35.5. The van der Waals surface area contributed by atoms with Crippen LogP contribution < -0.4 is 25.6 Å². The molecule has 0 fully saturated rings. The molecule has 11 nitrogen and oxygen atoms in total. The summed E-state index contributed by atoms with van der Waals surface area (Å²) in [6.07, 6.45) is 3.06. The highest BCUT2D eigenvalue weighted by Crippen LogP contribution is 2.41. The van der Waals surface area contributed by atoms with E-state index in [1.54, 1.807) is 49.4 Å². The molecular formula is C28H27Cl2N7O4. The van der Waals surface area contributed by atoms with Gasteiger partial charge in [-0.1, -0.05) is 54.0 Å². The fourth-order valence-corrected chi connectivity index (χ4v) is 4.50. The smallest absolute Gasteiger partial charge is 0.328 e. The largest absolute Gasteiger partial charge is 0.495 e. The number of amides is 3. The number of aryl methyl sites for hydroxylation is 2. The van der Waals surface area contributed by atoms with Gasteiger partial charge < -0.3 is 25.2 Å². The summed E-state index contributed by atoms with van der Waals surface area (Å²) in [5, 5.41) is 13.1. The summed E-state index contributed by atoms with van der Waals surface area (Å²) >= 11 is 13.1. The van der Waals surface area contributed by atoms with E-state index in [-0.39, 0.29) is 29.0 Å². The van der Waals surface area contributed by atoms with E-state index in [9.17, 15) is 9.59 Å². The second-order valence-corrected chi connectivity index (χ2v) is 9.43. The van der Waals surface area contributed by atoms with E-state index in [0.29, 0.717) is 45.8 Å². The number of urea groups is 1. The molecular weight excluding hydrogens is 569 g/mol. The van der Waals surface area contributed by atoms with Gasteiger partial charge in [0.1, 0.15) is 28.7 Å². The third-order valence-electron chi connectivity index (χ3n) is 5.87. The molecule has 2 aromatic carbocycles. The number of halogens is 2. The number of carbonyl (C=O) groups excluding carboxylic acids is 2. The van der Waals surface area contributed by atoms with Crippen molar-refractivity contribution in [1.29, 1.82) is 0 Å². The molecule has 0 atom stereocenters. The fourth-order valence-electron chi connectivity index (χ4n) is 3.84. The second kappa shape index (κ2) is 13.2. The molecule has 4 rings (SSSR count). The predicted molar refractivity (Wildman–Crippen MR) is 159 cm³/mol. The molecule has 0 bridgehead atoms. The lowest BCUT2D eigenvalue weighted by atomic mass is 10.1. The zero-order valence-electron chi connectivity index (χ0n) is 22.5. The Bertz CT molecular complexity index is 1560. The second-order valence-electron chi connectivity index (χ2n) is 8.67. The monoisotopic (exact) mass is 595 g/mol. The molecule has 41 heavy (non-hydrogen) atoms. The number of benzene rings is 2. The molecule has 0 saturated heterocycles. The van der Waals surface area contributed by atoms with E-state index >= 15 is 0 Å². The summed E-state index contributed by atoms with van der Waals surface area (Å²) in [5.41, 5.74) is 2.67. The lowest BCUT2D eigenvalue weighted by Gasteiger charge is -2.23. The number of nitrogens with zero attached hydrogens (tertiary/aromatic N) is 4. The molecule has 0 spiro atoms. The van der Waals surface area contributed by atoms with E-state index in [4.69, 9.17) is 32.5 Å². The van der Waals surface area contributed by atoms with Gasteiger partial charge >= 0.3 is 6.03 Å². The molecule has 2 aromatic heterocycles. The molecule has 0 aliphatic carbocycles. The number of hydrogen-bond acceptors (Lipinski definition) is 8. The number of ether oxygens (including phenoxy) is 1. The molecule has 13 heteroatoms. The van der Waals surface area contributed by atoms with Crippen LogP contribution in [0.2, 0.25) is 10.0 Å². The fraction of sp³-hybridized carbons (Fsp3) is 0.179. The number of rotatable bonds is 10. The lowest BCUT2D eigenvalue weighted by molar-refractivity contribution is -0.111. The maximum Gasteiger partial charge on any atom is 0.328 e. The molecule has 0 unspecified atom stereocenters. The Labute approximate surface area is 246 Å². The normalized spacial score (nSPS) is 10.6. The average molecular weight is 596 g/mol. The third-order valence-corrected chi connectivity index (χ3v) is 6.68. The Morgan fingerprint density at radius 2 is 1.85 bits per heavy atom. The van der Waals surface area contributed by atoms with Crippen LogP contribution in [0.15, 0.2) is 66.0 Å². The molecule has 3 amide bonds. The van der Waals surface area contributed by atoms with Crippen molar-refractivity contribution >= 4 is 63.8 Å². The zero-order valence-corrected chi connectivity index (χ0v) is 24.0. The van der Waals surface area contributed by atoms with Crippen LogP contribution >= 0.6 is 23.2 Å². The molecule has 4 aromatic rings. The van der Waals surface area contributed by atoms with Crippen LogP contribution in [-0.4, -0.2) is 34.2 Å². The minimum Gasteiger partial charge on any atom is -0.495 e. The van der Waals surface area contributed by atoms with Gasteiger partial charge in [0.05, 0.1) is 41.4 Å². The van der Waals surface area contributed by atoms with E-state index in [1.807, 2.05) is 6.92 Å². The molecule has 0 aliphatic rings. The summed E-state index contributed by atoms with van der Waals surface area (Å²) in [4.78, 5) is 35.6. The number of carbonyl (C=O) groups is 2. The topological polar surface area (TPSA) is 135 Å². The van der Waals surface area contributed by atoms with Gasteiger partial charge in [0.2, 0.25) is 5.91 Å². The number of anilines is 5. The lowest BCUT2D eigenvalue weighted by Crippen LogP contribution is -2.35. The molecule has 3 N–H and O–H groups in total. The zero-order chi connectivity index (χ0) is 29.5. The first-order chi connectivity index (χ1) is 19.7. The number of nitrogens with one attached hydrogen (secondary N) is 3. The summed E-state index contributed by atoms with van der Waals surface area (Å²) in [6.45, 7) is 7.16. The molecule has 212 valence electrons. The average Bonchev–Trinajstić information content (AvgIpc) is 3.39. The van der Waals surface area contributed by atoms with Crippen molar-refractivity contribution in [3.63, 3.8) is 0 Å². The van der Waals surface area contributed by atoms with Gasteiger partial charge in [-0.05, 0) is 43.2 Å². The molecule has 0 saturated carbocycles. The minimum atomic E-state index is -0.596. The van der Waals surface area contributed by atoms with Gasteiger partial charge in [0, 0.05) is 12.1 Å². The molecule has 0 aliphatic heterocycles. The summed E-state index contributed by atoms with van der Waals surface area (Å²) < 4.78 is 10.8. The van der Waals surface area contributed by atoms with Crippen LogP contribution in [-0.2, 0) is 17.8 Å². The minimum absolute atomic E-state index is 0.0189. The number of para-hydroxylation sites is 2. The Morgan fingerprint density at radius 3 is 2.51 bits per heavy atom. The van der Waals surface area contributed by atoms with Gasteiger partial charge in [0.15, 0.2) is 5.76 Å². The van der Waals surface area contributed by atoms with Crippen LogP contribution in [0.1, 0.15) is 23.9 Å². The predicted octanol–water partition coefficient (Wildman–Crippen LogP) is 6.76. The highest BCUT2D eigenvalue weighted by molar-refractivity contribution is 6.41. The number of methoxy groups -OCH3 is 1. The Kier molecular flexibility index (Phi) is 9.43. The maximum atomic E-state index is 13.8. The first kappa shape index (κ1) is 29.4. The van der Waals surface area contributed by atoms with E-state index in [0.717, 1.165) is 5.56 Å². The van der Waals surface area contributed by atoms with Crippen molar-refractivity contribution in [2.24, 2.45) is 0 Å². The van der Waals surface area contributed by atoms with Crippen molar-refractivity contribution < 1.29 is 18.8 Å². The van der Waals surface area contributed by atoms with Gasteiger partial charge in [0.25, 0.3) is 0 Å². The Balaban J connectivity index is 1.69. The SMILES string of the molecule is C=CC(=O)Nc1ccccc1Nc1cc(N(Cc2cc(C)no2)C(=O)Nc2c(Cl)c(CC)cc(OC)c2Cl)ncn1. The standard InChI is InChI=1S/C28H27Cl2N7O4/c1-5-17-12-21(40-4)26(30)27(25(17)29)35-28(39)37(14-18-11-16(3)36-41-18)23-13-22(31-15-32-23)33-19-9-7-8-10-20(19)34-24(38)6-2/h6-13,15H,2,5,14H2,1,3-4H3,(H,34,38)(H,35,39)(H,31,32,33). The highest BCUT2D eigenvalue weighted by Gasteiger charge is 2.24. The van der Waals surface area contributed by atoms with Gasteiger partial charge in [-0.15, -0.1) is 0 Å². The van der Waals surface area contributed by atoms with Crippen LogP contribution in [0.3, 0.4) is 0 Å². The van der Waals surface area contributed by atoms with E-state index in [1.165, 1.54) is 24.4 Å². The third kappa shape index (κ3) is 6.94. The van der Waals surface area contributed by atoms with Crippen molar-refractivity contribution in [1.82, 2.24) is 15.1 Å². The van der Waals surface area contributed by atoms with Crippen LogP contribution in [0, 0.1) is 6.92 Å². The van der Waals surface area contributed by atoms with Crippen molar-refractivity contribution in [3.05, 3.63) is 88.5 Å². The van der Waals surface area contributed by atoms with Gasteiger partial charge in [-0.25, -0.2) is 14.8 Å². The Hall–Kier alpha value is -4.61. The van der Waals surface area contributed by atoms with E-state index < -0.39 is 6.03 Å². The molecule has 0 radical (unpaired) electrons. The summed E-state index contributed by atoms with van der Waals surface area (Å²) in [7, 11) is 1.48. The van der Waals surface area contributed by atoms with E-state index in [2.05, 4.69) is 37.7 Å². The quantitative estimate of drug-likeness (QED) is 0.171. The van der Waals surface area contributed by atoms with Gasteiger partial charge in [-0.3, -0.25) is 9.69 Å². The van der Waals surface area contributed by atoms with Gasteiger partial charge in [-0.2, -0.15) is 0 Å². The van der Waals surface area contributed by atoms with Crippen molar-refractivity contribution in [3.8, 4) is 5.75 Å². The van der Waals surface area contributed by atoms with Crippen LogP contribution in [0.4, 0.5) is 33.5 Å². The first-order valence-electron chi connectivity index (χ1n) is 12.4. The summed E-state index contributed by atoms with van der Waals surface area (Å²) in [6, 6.07) is 11.5.